The highest BCUT2D eigenvalue weighted by atomic mass is 35.5. The minimum Gasteiger partial charge on any atom is -0.368 e. The molecule has 0 saturated carbocycles. The zero-order valence-electron chi connectivity index (χ0n) is 11.9. The number of benzene rings is 2. The number of alkyl halides is 3. The Morgan fingerprint density at radius 1 is 1.09 bits per heavy atom. The number of rotatable bonds is 3. The highest BCUT2D eigenvalue weighted by molar-refractivity contribution is 6.31. The molecule has 2 N–H and O–H groups in total. The van der Waals surface area contributed by atoms with Gasteiger partial charge < -0.3 is 10.6 Å². The van der Waals surface area contributed by atoms with Gasteiger partial charge >= 0.3 is 6.18 Å². The number of aliphatic imine (C=N–C) groups is 1. The molecule has 3 rings (SSSR count). The Kier molecular flexibility index (Phi) is 4.17. The van der Waals surface area contributed by atoms with E-state index in [2.05, 4.69) is 15.6 Å². The molecule has 0 unspecified atom stereocenters. The third-order valence-electron chi connectivity index (χ3n) is 3.37. The number of hydrogen-bond donors (Lipinski definition) is 2. The Bertz CT molecular complexity index is 756. The lowest BCUT2D eigenvalue weighted by atomic mass is 10.1. The summed E-state index contributed by atoms with van der Waals surface area (Å²) in [6.45, 7) is 1.51. The third kappa shape index (κ3) is 3.59. The highest BCUT2D eigenvalue weighted by Crippen LogP contribution is 2.36. The number of amidine groups is 1. The van der Waals surface area contributed by atoms with Crippen molar-refractivity contribution >= 4 is 28.8 Å². The topological polar surface area (TPSA) is 36.4 Å². The Labute approximate surface area is 136 Å². The lowest BCUT2D eigenvalue weighted by molar-refractivity contribution is -0.137. The van der Waals surface area contributed by atoms with Gasteiger partial charge in [0, 0.05) is 23.5 Å². The van der Waals surface area contributed by atoms with E-state index in [1.54, 1.807) is 6.07 Å². The van der Waals surface area contributed by atoms with E-state index < -0.39 is 11.7 Å². The van der Waals surface area contributed by atoms with Gasteiger partial charge in [-0.05, 0) is 30.3 Å². The molecule has 0 radical (unpaired) electrons. The van der Waals surface area contributed by atoms with E-state index >= 15 is 0 Å². The molecule has 1 aliphatic heterocycles. The first-order valence-corrected chi connectivity index (χ1v) is 7.34. The van der Waals surface area contributed by atoms with Crippen molar-refractivity contribution in [1.29, 1.82) is 0 Å². The molecule has 23 heavy (non-hydrogen) atoms. The van der Waals surface area contributed by atoms with E-state index in [4.69, 9.17) is 11.6 Å². The van der Waals surface area contributed by atoms with Crippen molar-refractivity contribution < 1.29 is 13.2 Å². The van der Waals surface area contributed by atoms with Crippen molar-refractivity contribution in [3.8, 4) is 0 Å². The minimum absolute atomic E-state index is 0.318. The van der Waals surface area contributed by atoms with Crippen LogP contribution in [0.1, 0.15) is 11.1 Å². The summed E-state index contributed by atoms with van der Waals surface area (Å²) in [5, 5.41) is 5.80. The van der Waals surface area contributed by atoms with Crippen molar-refractivity contribution in [2.75, 3.05) is 18.4 Å². The average molecular weight is 340 g/mol. The van der Waals surface area contributed by atoms with Crippen LogP contribution in [0, 0.1) is 0 Å². The van der Waals surface area contributed by atoms with Crippen LogP contribution in [0.2, 0.25) is 5.02 Å². The van der Waals surface area contributed by atoms with E-state index in [1.165, 1.54) is 12.1 Å². The maximum atomic E-state index is 12.9. The molecule has 120 valence electrons. The second-order valence-corrected chi connectivity index (χ2v) is 5.46. The first kappa shape index (κ1) is 15.7. The molecular weight excluding hydrogens is 327 g/mol. The van der Waals surface area contributed by atoms with E-state index in [1.807, 2.05) is 18.2 Å². The van der Waals surface area contributed by atoms with E-state index in [0.717, 1.165) is 30.6 Å². The maximum Gasteiger partial charge on any atom is 0.417 e. The quantitative estimate of drug-likeness (QED) is 0.866. The molecule has 0 spiro atoms. The molecule has 7 heteroatoms. The van der Waals surface area contributed by atoms with Crippen molar-refractivity contribution in [3.63, 3.8) is 0 Å². The van der Waals surface area contributed by atoms with Crippen LogP contribution in [-0.2, 0) is 6.18 Å². The molecular formula is C16H13ClF3N3. The SMILES string of the molecule is FC(F)(F)c1cc(Nc2cccc(C3=NCCN3)c2)ccc1Cl. The summed E-state index contributed by atoms with van der Waals surface area (Å²) in [6.07, 6.45) is -4.49. The summed E-state index contributed by atoms with van der Waals surface area (Å²) in [5.74, 6) is 0.792. The van der Waals surface area contributed by atoms with E-state index in [9.17, 15) is 13.2 Å². The van der Waals surface area contributed by atoms with E-state index in [-0.39, 0.29) is 5.02 Å². The number of nitrogens with one attached hydrogen (secondary N) is 2. The summed E-state index contributed by atoms with van der Waals surface area (Å²) in [4.78, 5) is 4.32. The average Bonchev–Trinajstić information content (AvgIpc) is 3.03. The molecule has 0 aliphatic carbocycles. The standard InChI is InChI=1S/C16H13ClF3N3/c17-14-5-4-12(9-13(14)16(18,19)20)23-11-3-1-2-10(8-11)15-21-6-7-22-15/h1-5,8-9,23H,6-7H2,(H,21,22). The van der Waals surface area contributed by atoms with Gasteiger partial charge in [-0.15, -0.1) is 0 Å². The van der Waals surface area contributed by atoms with Crippen LogP contribution in [0.3, 0.4) is 0 Å². The lowest BCUT2D eigenvalue weighted by Crippen LogP contribution is -2.19. The fraction of sp³-hybridized carbons (Fsp3) is 0.188. The normalized spacial score (nSPS) is 14.3. The molecule has 0 atom stereocenters. The second kappa shape index (κ2) is 6.12. The Balaban J connectivity index is 1.86. The number of halogens is 4. The first-order valence-electron chi connectivity index (χ1n) is 6.96. The second-order valence-electron chi connectivity index (χ2n) is 5.06. The van der Waals surface area contributed by atoms with Gasteiger partial charge in [-0.25, -0.2) is 0 Å². The van der Waals surface area contributed by atoms with Gasteiger partial charge in [-0.2, -0.15) is 13.2 Å². The summed E-state index contributed by atoms with van der Waals surface area (Å²) in [5.41, 5.74) is 1.02. The smallest absolute Gasteiger partial charge is 0.368 e. The maximum absolute atomic E-state index is 12.9. The van der Waals surface area contributed by atoms with Crippen LogP contribution in [0.5, 0.6) is 0 Å². The molecule has 1 heterocycles. The molecule has 0 aromatic heterocycles. The molecule has 0 bridgehead atoms. The molecule has 2 aromatic carbocycles. The summed E-state index contributed by atoms with van der Waals surface area (Å²) < 4.78 is 38.7. The third-order valence-corrected chi connectivity index (χ3v) is 3.70. The molecule has 2 aromatic rings. The van der Waals surface area contributed by atoms with Crippen LogP contribution < -0.4 is 10.6 Å². The predicted octanol–water partition coefficient (Wildman–Crippen LogP) is 4.45. The van der Waals surface area contributed by atoms with Crippen molar-refractivity contribution in [1.82, 2.24) is 5.32 Å². The van der Waals surface area contributed by atoms with E-state index in [0.29, 0.717) is 11.4 Å². The Morgan fingerprint density at radius 2 is 1.87 bits per heavy atom. The summed E-state index contributed by atoms with van der Waals surface area (Å²) in [7, 11) is 0. The van der Waals surface area contributed by atoms with Crippen LogP contribution in [0.25, 0.3) is 0 Å². The summed E-state index contributed by atoms with van der Waals surface area (Å²) in [6, 6.07) is 11.1. The number of hydrogen-bond acceptors (Lipinski definition) is 3. The molecule has 0 fully saturated rings. The van der Waals surface area contributed by atoms with Gasteiger partial charge in [0.2, 0.25) is 0 Å². The highest BCUT2D eigenvalue weighted by Gasteiger charge is 2.33. The van der Waals surface area contributed by atoms with Crippen LogP contribution in [-0.4, -0.2) is 18.9 Å². The van der Waals surface area contributed by atoms with Crippen LogP contribution in [0.4, 0.5) is 24.5 Å². The predicted molar refractivity (Wildman–Crippen MR) is 85.6 cm³/mol. The fourth-order valence-corrected chi connectivity index (χ4v) is 2.55. The van der Waals surface area contributed by atoms with Crippen molar-refractivity contribution in [3.05, 3.63) is 58.6 Å². The molecule has 0 saturated heterocycles. The van der Waals surface area contributed by atoms with Gasteiger partial charge in [0.25, 0.3) is 0 Å². The van der Waals surface area contributed by atoms with Crippen LogP contribution in [0.15, 0.2) is 47.5 Å². The zero-order chi connectivity index (χ0) is 16.4. The van der Waals surface area contributed by atoms with Gasteiger partial charge in [0.05, 0.1) is 17.1 Å². The van der Waals surface area contributed by atoms with Crippen LogP contribution >= 0.6 is 11.6 Å². The fourth-order valence-electron chi connectivity index (χ4n) is 2.32. The largest absolute Gasteiger partial charge is 0.417 e. The first-order chi connectivity index (χ1) is 10.9. The van der Waals surface area contributed by atoms with Crippen molar-refractivity contribution in [2.45, 2.75) is 6.18 Å². The van der Waals surface area contributed by atoms with Gasteiger partial charge in [0.1, 0.15) is 5.84 Å². The minimum atomic E-state index is -4.49. The van der Waals surface area contributed by atoms with Gasteiger partial charge in [-0.1, -0.05) is 23.7 Å². The number of anilines is 2. The molecule has 1 aliphatic rings. The Morgan fingerprint density at radius 3 is 2.57 bits per heavy atom. The molecule has 3 nitrogen and oxygen atoms in total. The number of nitrogens with zero attached hydrogens (tertiary/aromatic N) is 1. The zero-order valence-corrected chi connectivity index (χ0v) is 12.7. The van der Waals surface area contributed by atoms with Gasteiger partial charge in [0.15, 0.2) is 0 Å². The molecule has 0 amide bonds. The summed E-state index contributed by atoms with van der Waals surface area (Å²) >= 11 is 5.62. The van der Waals surface area contributed by atoms with Crippen molar-refractivity contribution in [2.24, 2.45) is 4.99 Å². The lowest BCUT2D eigenvalue weighted by Gasteiger charge is -2.13. The monoisotopic (exact) mass is 339 g/mol. The van der Waals surface area contributed by atoms with Gasteiger partial charge in [-0.3, -0.25) is 4.99 Å². The Hall–Kier alpha value is -2.21.